The van der Waals surface area contributed by atoms with Gasteiger partial charge in [-0.15, -0.1) is 0 Å². The van der Waals surface area contributed by atoms with Gasteiger partial charge < -0.3 is 5.32 Å². The quantitative estimate of drug-likeness (QED) is 0.838. The monoisotopic (exact) mass is 241 g/mol. The first-order valence-electron chi connectivity index (χ1n) is 5.81. The number of hydrogen-bond donors (Lipinski definition) is 1. The zero-order valence-corrected chi connectivity index (χ0v) is 10.2. The highest BCUT2D eigenvalue weighted by atomic mass is 35.5. The van der Waals surface area contributed by atoms with Crippen molar-refractivity contribution >= 4 is 11.6 Å². The van der Waals surface area contributed by atoms with E-state index in [0.29, 0.717) is 16.9 Å². The molecule has 3 heteroatoms. The van der Waals surface area contributed by atoms with Gasteiger partial charge in [0.15, 0.2) is 0 Å². The summed E-state index contributed by atoms with van der Waals surface area (Å²) in [5.74, 6) is 1.03. The van der Waals surface area contributed by atoms with Crippen molar-refractivity contribution in [1.82, 2.24) is 5.32 Å². The van der Waals surface area contributed by atoms with Crippen LogP contribution in [0.4, 0.5) is 4.39 Å². The van der Waals surface area contributed by atoms with Crippen LogP contribution in [0, 0.1) is 17.7 Å². The molecule has 0 amide bonds. The lowest BCUT2D eigenvalue weighted by molar-refractivity contribution is 0.270. The molecule has 1 nitrogen and oxygen atoms in total. The molecular formula is C13H17ClFN. The molecule has 1 aromatic carbocycles. The van der Waals surface area contributed by atoms with Crippen LogP contribution in [0.3, 0.4) is 0 Å². The number of benzene rings is 1. The Labute approximate surface area is 101 Å². The van der Waals surface area contributed by atoms with Gasteiger partial charge in [-0.05, 0) is 55.5 Å². The van der Waals surface area contributed by atoms with Crippen LogP contribution in [0.15, 0.2) is 18.2 Å². The van der Waals surface area contributed by atoms with Gasteiger partial charge in [-0.2, -0.15) is 0 Å². The molecule has 1 saturated heterocycles. The lowest BCUT2D eigenvalue weighted by Crippen LogP contribution is -2.36. The van der Waals surface area contributed by atoms with Crippen molar-refractivity contribution in [1.29, 1.82) is 0 Å². The Kier molecular flexibility index (Phi) is 3.82. The molecule has 0 saturated carbocycles. The fraction of sp³-hybridized carbons (Fsp3) is 0.538. The summed E-state index contributed by atoms with van der Waals surface area (Å²) in [5.41, 5.74) is 0.795. The third-order valence-corrected chi connectivity index (χ3v) is 3.70. The summed E-state index contributed by atoms with van der Waals surface area (Å²) >= 11 is 5.74. The summed E-state index contributed by atoms with van der Waals surface area (Å²) in [6.07, 6.45) is 1.95. The number of nitrogens with one attached hydrogen (secondary N) is 1. The van der Waals surface area contributed by atoms with Crippen molar-refractivity contribution in [2.45, 2.75) is 19.8 Å². The van der Waals surface area contributed by atoms with E-state index in [1.165, 1.54) is 6.07 Å². The molecule has 0 aliphatic carbocycles. The summed E-state index contributed by atoms with van der Waals surface area (Å²) in [4.78, 5) is 0. The summed E-state index contributed by atoms with van der Waals surface area (Å²) < 4.78 is 13.6. The first kappa shape index (κ1) is 11.9. The van der Waals surface area contributed by atoms with Crippen molar-refractivity contribution in [2.24, 2.45) is 11.8 Å². The molecule has 1 heterocycles. The average Bonchev–Trinajstić information content (AvgIpc) is 2.25. The Morgan fingerprint density at radius 2 is 2.31 bits per heavy atom. The SMILES string of the molecule is CC1CNCCC1Cc1ccc(Cl)cc1F. The number of halogens is 2. The third kappa shape index (κ3) is 2.74. The number of piperidine rings is 1. The fourth-order valence-electron chi connectivity index (χ4n) is 2.34. The van der Waals surface area contributed by atoms with E-state index in [0.717, 1.165) is 31.5 Å². The molecule has 16 heavy (non-hydrogen) atoms. The minimum atomic E-state index is -0.168. The molecule has 1 fully saturated rings. The molecule has 1 aliphatic rings. The molecule has 0 radical (unpaired) electrons. The van der Waals surface area contributed by atoms with E-state index in [4.69, 9.17) is 11.6 Å². The lowest BCUT2D eigenvalue weighted by Gasteiger charge is -2.29. The van der Waals surface area contributed by atoms with Gasteiger partial charge in [0.05, 0.1) is 0 Å². The minimum Gasteiger partial charge on any atom is -0.316 e. The van der Waals surface area contributed by atoms with Gasteiger partial charge in [0.25, 0.3) is 0 Å². The second kappa shape index (κ2) is 5.15. The zero-order chi connectivity index (χ0) is 11.5. The predicted octanol–water partition coefficient (Wildman–Crippen LogP) is 3.27. The molecule has 2 atom stereocenters. The molecule has 1 aromatic rings. The minimum absolute atomic E-state index is 0.168. The van der Waals surface area contributed by atoms with E-state index >= 15 is 0 Å². The highest BCUT2D eigenvalue weighted by Crippen LogP contribution is 2.25. The predicted molar refractivity (Wildman–Crippen MR) is 65.3 cm³/mol. The molecule has 88 valence electrons. The van der Waals surface area contributed by atoms with Crippen LogP contribution >= 0.6 is 11.6 Å². The lowest BCUT2D eigenvalue weighted by atomic mass is 9.83. The molecular weight excluding hydrogens is 225 g/mol. The Morgan fingerprint density at radius 3 is 3.00 bits per heavy atom. The number of rotatable bonds is 2. The van der Waals surface area contributed by atoms with E-state index in [1.807, 2.05) is 6.07 Å². The van der Waals surface area contributed by atoms with Gasteiger partial charge in [-0.25, -0.2) is 4.39 Å². The van der Waals surface area contributed by atoms with Crippen LogP contribution in [0.25, 0.3) is 0 Å². The zero-order valence-electron chi connectivity index (χ0n) is 9.47. The summed E-state index contributed by atoms with van der Waals surface area (Å²) in [6.45, 7) is 4.31. The van der Waals surface area contributed by atoms with Crippen molar-refractivity contribution in [2.75, 3.05) is 13.1 Å². The topological polar surface area (TPSA) is 12.0 Å². The molecule has 0 bridgehead atoms. The molecule has 0 spiro atoms. The van der Waals surface area contributed by atoms with Crippen LogP contribution in [-0.4, -0.2) is 13.1 Å². The fourth-order valence-corrected chi connectivity index (χ4v) is 2.50. The van der Waals surface area contributed by atoms with Crippen LogP contribution in [0.2, 0.25) is 5.02 Å². The Morgan fingerprint density at radius 1 is 1.50 bits per heavy atom. The van der Waals surface area contributed by atoms with Crippen molar-refractivity contribution in [3.8, 4) is 0 Å². The van der Waals surface area contributed by atoms with Crippen molar-refractivity contribution < 1.29 is 4.39 Å². The maximum atomic E-state index is 13.6. The first-order valence-corrected chi connectivity index (χ1v) is 6.19. The summed E-state index contributed by atoms with van der Waals surface area (Å²) in [5, 5.41) is 3.83. The van der Waals surface area contributed by atoms with Gasteiger partial charge in [0.2, 0.25) is 0 Å². The van der Waals surface area contributed by atoms with Crippen LogP contribution in [-0.2, 0) is 6.42 Å². The van der Waals surface area contributed by atoms with Crippen molar-refractivity contribution in [3.63, 3.8) is 0 Å². The summed E-state index contributed by atoms with van der Waals surface area (Å²) in [6, 6.07) is 4.99. The van der Waals surface area contributed by atoms with Crippen molar-refractivity contribution in [3.05, 3.63) is 34.6 Å². The maximum Gasteiger partial charge on any atom is 0.127 e. The standard InChI is InChI=1S/C13H17ClFN/c1-9-8-16-5-4-10(9)6-11-2-3-12(14)7-13(11)15/h2-3,7,9-10,16H,4-6,8H2,1H3. The van der Waals surface area contributed by atoms with E-state index in [1.54, 1.807) is 6.07 Å². The van der Waals surface area contributed by atoms with Gasteiger partial charge in [0.1, 0.15) is 5.82 Å². The molecule has 0 aromatic heterocycles. The summed E-state index contributed by atoms with van der Waals surface area (Å²) in [7, 11) is 0. The van der Waals surface area contributed by atoms with Crippen LogP contribution < -0.4 is 5.32 Å². The second-order valence-corrected chi connectivity index (χ2v) is 5.11. The highest BCUT2D eigenvalue weighted by Gasteiger charge is 2.22. The number of hydrogen-bond acceptors (Lipinski definition) is 1. The van der Waals surface area contributed by atoms with Gasteiger partial charge in [0, 0.05) is 5.02 Å². The first-order chi connectivity index (χ1) is 7.66. The smallest absolute Gasteiger partial charge is 0.127 e. The molecule has 2 rings (SSSR count). The molecule has 1 N–H and O–H groups in total. The Balaban J connectivity index is 2.07. The van der Waals surface area contributed by atoms with Gasteiger partial charge in [-0.1, -0.05) is 24.6 Å². The Bertz CT molecular complexity index is 367. The van der Waals surface area contributed by atoms with Gasteiger partial charge >= 0.3 is 0 Å². The van der Waals surface area contributed by atoms with Crippen LogP contribution in [0.1, 0.15) is 18.9 Å². The Hall–Kier alpha value is -0.600. The average molecular weight is 242 g/mol. The van der Waals surface area contributed by atoms with Gasteiger partial charge in [-0.3, -0.25) is 0 Å². The largest absolute Gasteiger partial charge is 0.316 e. The van der Waals surface area contributed by atoms with E-state index < -0.39 is 0 Å². The van der Waals surface area contributed by atoms with E-state index in [2.05, 4.69) is 12.2 Å². The highest BCUT2D eigenvalue weighted by molar-refractivity contribution is 6.30. The molecule has 1 aliphatic heterocycles. The third-order valence-electron chi connectivity index (χ3n) is 3.46. The van der Waals surface area contributed by atoms with E-state index in [9.17, 15) is 4.39 Å². The molecule has 2 unspecified atom stereocenters. The second-order valence-electron chi connectivity index (χ2n) is 4.67. The normalized spacial score (nSPS) is 25.7. The maximum absolute atomic E-state index is 13.6. The van der Waals surface area contributed by atoms with Crippen LogP contribution in [0.5, 0.6) is 0 Å². The van der Waals surface area contributed by atoms with E-state index in [-0.39, 0.29) is 5.82 Å².